The van der Waals surface area contributed by atoms with Crippen molar-refractivity contribution in [1.82, 2.24) is 0 Å². The number of phosphoric ester groups is 1. The van der Waals surface area contributed by atoms with Crippen molar-refractivity contribution in [2.75, 3.05) is 7.11 Å². The van der Waals surface area contributed by atoms with E-state index in [0.717, 1.165) is 19.3 Å². The molecule has 0 N–H and O–H groups in total. The second-order valence-electron chi connectivity index (χ2n) is 4.08. The van der Waals surface area contributed by atoms with Gasteiger partial charge in [-0.3, -0.25) is 9.05 Å². The van der Waals surface area contributed by atoms with Gasteiger partial charge in [0.25, 0.3) is 0 Å². The SMILES string of the molecule is COP(=O)(OC1=CC=CCC1)OC1C=C=CCC1. The molecule has 0 radical (unpaired) electrons. The van der Waals surface area contributed by atoms with Gasteiger partial charge in [0.2, 0.25) is 0 Å². The van der Waals surface area contributed by atoms with Crippen molar-refractivity contribution < 1.29 is 18.1 Å². The lowest BCUT2D eigenvalue weighted by atomic mass is 10.1. The topological polar surface area (TPSA) is 44.8 Å². The average molecular weight is 268 g/mol. The minimum Gasteiger partial charge on any atom is -0.409 e. The van der Waals surface area contributed by atoms with Gasteiger partial charge in [-0.15, -0.1) is 5.73 Å². The Balaban J connectivity index is 2.00. The largest absolute Gasteiger partial charge is 0.530 e. The van der Waals surface area contributed by atoms with E-state index < -0.39 is 7.82 Å². The molecule has 4 nitrogen and oxygen atoms in total. The van der Waals surface area contributed by atoms with E-state index >= 15 is 0 Å². The minimum absolute atomic E-state index is 0.263. The lowest BCUT2D eigenvalue weighted by Crippen LogP contribution is -2.11. The number of allylic oxidation sites excluding steroid dienone is 4. The van der Waals surface area contributed by atoms with Crippen molar-refractivity contribution in [3.8, 4) is 0 Å². The van der Waals surface area contributed by atoms with E-state index in [1.54, 1.807) is 12.2 Å². The fraction of sp³-hybridized carbons (Fsp3) is 0.462. The summed E-state index contributed by atoms with van der Waals surface area (Å²) in [5.41, 5.74) is 2.95. The minimum atomic E-state index is -3.52. The number of hydrogen-bond donors (Lipinski definition) is 0. The average Bonchev–Trinajstić information content (AvgIpc) is 2.41. The fourth-order valence-corrected chi connectivity index (χ4v) is 2.88. The normalized spacial score (nSPS) is 25.6. The van der Waals surface area contributed by atoms with Crippen molar-refractivity contribution in [3.05, 3.63) is 41.9 Å². The molecular formula is C13H17O4P. The lowest BCUT2D eigenvalue weighted by molar-refractivity contribution is 0.123. The molecule has 0 aliphatic heterocycles. The summed E-state index contributed by atoms with van der Waals surface area (Å²) in [6.07, 6.45) is 12.3. The first-order chi connectivity index (χ1) is 8.72. The zero-order valence-corrected chi connectivity index (χ0v) is 11.3. The summed E-state index contributed by atoms with van der Waals surface area (Å²) in [7, 11) is -2.19. The third kappa shape index (κ3) is 3.72. The van der Waals surface area contributed by atoms with Gasteiger partial charge in [0.1, 0.15) is 5.76 Å². The Kier molecular flexibility index (Phi) is 4.62. The molecule has 0 bridgehead atoms. The molecule has 0 saturated carbocycles. The van der Waals surface area contributed by atoms with E-state index in [-0.39, 0.29) is 6.10 Å². The molecular weight excluding hydrogens is 251 g/mol. The molecule has 18 heavy (non-hydrogen) atoms. The highest BCUT2D eigenvalue weighted by Gasteiger charge is 2.31. The van der Waals surface area contributed by atoms with Gasteiger partial charge < -0.3 is 4.52 Å². The number of phosphoric acid groups is 1. The molecule has 2 unspecified atom stereocenters. The molecule has 5 heteroatoms. The highest BCUT2D eigenvalue weighted by Crippen LogP contribution is 2.53. The van der Waals surface area contributed by atoms with Gasteiger partial charge in [0, 0.05) is 13.5 Å². The van der Waals surface area contributed by atoms with Gasteiger partial charge in [-0.25, -0.2) is 4.57 Å². The molecule has 0 heterocycles. The Hall–Kier alpha value is -1.05. The third-order valence-corrected chi connectivity index (χ3v) is 4.12. The van der Waals surface area contributed by atoms with E-state index in [4.69, 9.17) is 13.6 Å². The molecule has 2 aliphatic rings. The Bertz CT molecular complexity index is 458. The van der Waals surface area contributed by atoms with Crippen LogP contribution in [0.2, 0.25) is 0 Å². The summed E-state index contributed by atoms with van der Waals surface area (Å²) in [6, 6.07) is 0. The first kappa shape index (κ1) is 13.4. The third-order valence-electron chi connectivity index (χ3n) is 2.69. The van der Waals surface area contributed by atoms with Gasteiger partial charge >= 0.3 is 7.82 Å². The van der Waals surface area contributed by atoms with E-state index in [1.165, 1.54) is 7.11 Å². The molecule has 0 spiro atoms. The standard InChI is InChI=1S/C13H17O4P/c1-15-18(14,16-12-8-4-2-5-9-12)17-13-10-6-3-7-11-13/h2-4,8,11,13H,5-6,9-10H2,1H3. The Morgan fingerprint density at radius 1 is 1.44 bits per heavy atom. The highest BCUT2D eigenvalue weighted by molar-refractivity contribution is 7.48. The van der Waals surface area contributed by atoms with E-state index in [1.807, 2.05) is 18.2 Å². The van der Waals surface area contributed by atoms with Crippen molar-refractivity contribution in [3.63, 3.8) is 0 Å². The van der Waals surface area contributed by atoms with Crippen LogP contribution >= 0.6 is 7.82 Å². The van der Waals surface area contributed by atoms with Crippen LogP contribution in [0.4, 0.5) is 0 Å². The maximum Gasteiger partial charge on any atom is 0.530 e. The first-order valence-corrected chi connectivity index (χ1v) is 7.48. The van der Waals surface area contributed by atoms with Gasteiger partial charge in [-0.2, -0.15) is 0 Å². The summed E-state index contributed by atoms with van der Waals surface area (Å²) in [5, 5.41) is 0. The summed E-state index contributed by atoms with van der Waals surface area (Å²) in [5.74, 6) is 0.637. The quantitative estimate of drug-likeness (QED) is 0.560. The van der Waals surface area contributed by atoms with Crippen LogP contribution in [0.3, 0.4) is 0 Å². The smallest absolute Gasteiger partial charge is 0.409 e. The van der Waals surface area contributed by atoms with Crippen LogP contribution in [0.15, 0.2) is 41.9 Å². The molecule has 0 saturated heterocycles. The van der Waals surface area contributed by atoms with Crippen LogP contribution in [0, 0.1) is 0 Å². The van der Waals surface area contributed by atoms with Crippen LogP contribution in [-0.2, 0) is 18.1 Å². The second kappa shape index (κ2) is 6.21. The summed E-state index contributed by atoms with van der Waals surface area (Å²) in [4.78, 5) is 0. The molecule has 98 valence electrons. The van der Waals surface area contributed by atoms with Crippen molar-refractivity contribution in [2.45, 2.75) is 31.8 Å². The van der Waals surface area contributed by atoms with Crippen molar-refractivity contribution >= 4 is 7.82 Å². The molecule has 2 atom stereocenters. The van der Waals surface area contributed by atoms with Gasteiger partial charge in [0.05, 0.1) is 6.10 Å². The Morgan fingerprint density at radius 3 is 2.94 bits per heavy atom. The maximum absolute atomic E-state index is 12.3. The molecule has 2 rings (SSSR count). The Labute approximate surface area is 107 Å². The van der Waals surface area contributed by atoms with Crippen molar-refractivity contribution in [2.24, 2.45) is 0 Å². The predicted octanol–water partition coefficient (Wildman–Crippen LogP) is 3.88. The van der Waals surface area contributed by atoms with Gasteiger partial charge in [-0.05, 0) is 37.5 Å². The monoisotopic (exact) mass is 268 g/mol. The zero-order valence-electron chi connectivity index (χ0n) is 10.4. The van der Waals surface area contributed by atoms with Crippen LogP contribution < -0.4 is 0 Å². The van der Waals surface area contributed by atoms with Crippen molar-refractivity contribution in [1.29, 1.82) is 0 Å². The van der Waals surface area contributed by atoms with Crippen LogP contribution in [0.5, 0.6) is 0 Å². The van der Waals surface area contributed by atoms with E-state index in [9.17, 15) is 4.57 Å². The summed E-state index contributed by atoms with van der Waals surface area (Å²) >= 11 is 0. The molecule has 0 fully saturated rings. The number of rotatable bonds is 5. The van der Waals surface area contributed by atoms with Crippen LogP contribution in [0.25, 0.3) is 0 Å². The number of hydrogen-bond acceptors (Lipinski definition) is 4. The van der Waals surface area contributed by atoms with Gasteiger partial charge in [-0.1, -0.05) is 12.2 Å². The summed E-state index contributed by atoms with van der Waals surface area (Å²) < 4.78 is 28.1. The van der Waals surface area contributed by atoms with Crippen LogP contribution in [-0.4, -0.2) is 13.2 Å². The Morgan fingerprint density at radius 2 is 2.33 bits per heavy atom. The second-order valence-corrected chi connectivity index (χ2v) is 5.73. The maximum atomic E-state index is 12.3. The molecule has 0 aromatic heterocycles. The highest BCUT2D eigenvalue weighted by atomic mass is 31.2. The van der Waals surface area contributed by atoms with E-state index in [0.29, 0.717) is 12.2 Å². The molecule has 2 aliphatic carbocycles. The molecule has 0 aromatic carbocycles. The fourth-order valence-electron chi connectivity index (χ4n) is 1.74. The summed E-state index contributed by atoms with van der Waals surface area (Å²) in [6.45, 7) is 0. The first-order valence-electron chi connectivity index (χ1n) is 6.02. The predicted molar refractivity (Wildman–Crippen MR) is 68.9 cm³/mol. The van der Waals surface area contributed by atoms with Gasteiger partial charge in [0.15, 0.2) is 0 Å². The lowest BCUT2D eigenvalue weighted by Gasteiger charge is -2.23. The molecule has 0 aromatic rings. The zero-order chi connectivity index (χ0) is 12.8. The van der Waals surface area contributed by atoms with E-state index in [2.05, 4.69) is 5.73 Å². The molecule has 0 amide bonds. The van der Waals surface area contributed by atoms with Crippen LogP contribution in [0.1, 0.15) is 25.7 Å².